The maximum absolute atomic E-state index is 6.74. The van der Waals surface area contributed by atoms with Crippen LogP contribution < -0.4 is 0 Å². The van der Waals surface area contributed by atoms with Gasteiger partial charge in [-0.05, 0) is 5.92 Å². The summed E-state index contributed by atoms with van der Waals surface area (Å²) in [5.41, 5.74) is 0. The first kappa shape index (κ1) is 12.8. The molecular weight excluding hydrogens is 138 g/mol. The molecule has 0 saturated carbocycles. The van der Waals surface area contributed by atoms with Crippen molar-refractivity contribution >= 4 is 12.6 Å². The van der Waals surface area contributed by atoms with E-state index in [1.54, 1.807) is 13.3 Å². The Balaban J connectivity index is 0. The van der Waals surface area contributed by atoms with Gasteiger partial charge >= 0.3 is 0 Å². The molecular formula is C8H19N3. The van der Waals surface area contributed by atoms with E-state index >= 15 is 0 Å². The van der Waals surface area contributed by atoms with Gasteiger partial charge in [-0.3, -0.25) is 10.4 Å². The fraction of sp³-hybridized carbons (Fsp3) is 0.750. The Bertz CT molecular complexity index is 108. The predicted molar refractivity (Wildman–Crippen MR) is 51.2 cm³/mol. The summed E-state index contributed by atoms with van der Waals surface area (Å²) < 4.78 is 0. The summed E-state index contributed by atoms with van der Waals surface area (Å²) in [6.07, 6.45) is 2.96. The van der Waals surface area contributed by atoms with Crippen LogP contribution in [0.4, 0.5) is 0 Å². The van der Waals surface area contributed by atoms with Gasteiger partial charge in [0.15, 0.2) is 0 Å². The van der Waals surface area contributed by atoms with Crippen LogP contribution >= 0.6 is 0 Å². The van der Waals surface area contributed by atoms with E-state index in [0.29, 0.717) is 5.92 Å². The van der Waals surface area contributed by atoms with E-state index in [1.807, 2.05) is 27.7 Å². The van der Waals surface area contributed by atoms with Crippen LogP contribution in [0.25, 0.3) is 0 Å². The second-order valence-corrected chi connectivity index (χ2v) is 2.21. The second kappa shape index (κ2) is 9.14. The maximum Gasteiger partial charge on any atom is 0.102 e. The molecule has 0 aliphatic heterocycles. The molecule has 0 rings (SSSR count). The molecule has 0 atom stereocenters. The van der Waals surface area contributed by atoms with Gasteiger partial charge in [0.05, 0.1) is 0 Å². The van der Waals surface area contributed by atoms with Crippen molar-refractivity contribution < 1.29 is 0 Å². The third-order valence-corrected chi connectivity index (χ3v) is 0.734. The Labute approximate surface area is 69.6 Å². The summed E-state index contributed by atoms with van der Waals surface area (Å²) in [4.78, 5) is 0. The van der Waals surface area contributed by atoms with E-state index in [1.165, 1.54) is 11.3 Å². The smallest absolute Gasteiger partial charge is 0.102 e. The third kappa shape index (κ3) is 12.4. The lowest BCUT2D eigenvalue weighted by Crippen LogP contribution is -2.07. The fourth-order valence-electron chi connectivity index (χ4n) is 0.272. The van der Waals surface area contributed by atoms with Crippen molar-refractivity contribution in [2.24, 2.45) is 11.0 Å². The van der Waals surface area contributed by atoms with E-state index in [0.717, 1.165) is 0 Å². The Kier molecular flexibility index (Phi) is 10.6. The molecule has 66 valence electrons. The van der Waals surface area contributed by atoms with Crippen LogP contribution in [-0.2, 0) is 0 Å². The minimum absolute atomic E-state index is 0.451. The predicted octanol–water partition coefficient (Wildman–Crippen LogP) is 2.19. The SMILES string of the molecule is CC.CC(C)/C=N\N(C)C=N. The molecule has 0 amide bonds. The highest BCUT2D eigenvalue weighted by Gasteiger charge is 1.85. The summed E-state index contributed by atoms with van der Waals surface area (Å²) in [6.45, 7) is 8.09. The van der Waals surface area contributed by atoms with Gasteiger partial charge in [-0.1, -0.05) is 27.7 Å². The first-order valence-electron chi connectivity index (χ1n) is 3.94. The average molecular weight is 157 g/mol. The van der Waals surface area contributed by atoms with Gasteiger partial charge in [0, 0.05) is 13.3 Å². The summed E-state index contributed by atoms with van der Waals surface area (Å²) in [5, 5.41) is 12.1. The summed E-state index contributed by atoms with van der Waals surface area (Å²) >= 11 is 0. The molecule has 0 aromatic carbocycles. The largest absolute Gasteiger partial charge is 0.290 e. The molecule has 0 unspecified atom stereocenters. The van der Waals surface area contributed by atoms with E-state index in [-0.39, 0.29) is 0 Å². The van der Waals surface area contributed by atoms with Crippen molar-refractivity contribution in [3.8, 4) is 0 Å². The van der Waals surface area contributed by atoms with E-state index < -0.39 is 0 Å². The lowest BCUT2D eigenvalue weighted by molar-refractivity contribution is 0.556. The number of nitrogens with one attached hydrogen (secondary N) is 1. The van der Waals surface area contributed by atoms with Crippen LogP contribution in [0.3, 0.4) is 0 Å². The van der Waals surface area contributed by atoms with Gasteiger partial charge in [-0.25, -0.2) is 0 Å². The quantitative estimate of drug-likeness (QED) is 0.381. The molecule has 0 heterocycles. The molecule has 0 aromatic heterocycles. The molecule has 1 N–H and O–H groups in total. The van der Waals surface area contributed by atoms with Crippen molar-refractivity contribution in [2.45, 2.75) is 27.7 Å². The van der Waals surface area contributed by atoms with Crippen molar-refractivity contribution in [1.82, 2.24) is 5.01 Å². The summed E-state index contributed by atoms with van der Waals surface area (Å²) in [6, 6.07) is 0. The van der Waals surface area contributed by atoms with Gasteiger partial charge in [-0.15, -0.1) is 0 Å². The third-order valence-electron chi connectivity index (χ3n) is 0.734. The standard InChI is InChI=1S/C6H13N3.C2H6/c1-6(2)4-8-9(3)5-7;1-2/h4-7H,1-3H3;1-2H3/b7-5?,8-4-;. The molecule has 0 fully saturated rings. The molecule has 0 bridgehead atoms. The highest BCUT2D eigenvalue weighted by molar-refractivity contribution is 5.61. The lowest BCUT2D eigenvalue weighted by Gasteiger charge is -2.02. The van der Waals surface area contributed by atoms with Gasteiger partial charge in [0.2, 0.25) is 0 Å². The Morgan fingerprint density at radius 3 is 2.09 bits per heavy atom. The Morgan fingerprint density at radius 1 is 1.36 bits per heavy atom. The van der Waals surface area contributed by atoms with Gasteiger partial charge < -0.3 is 0 Å². The zero-order valence-corrected chi connectivity index (χ0v) is 8.13. The molecule has 3 heteroatoms. The lowest BCUT2D eigenvalue weighted by atomic mass is 10.3. The molecule has 0 aromatic rings. The van der Waals surface area contributed by atoms with Crippen LogP contribution in [0.15, 0.2) is 5.10 Å². The minimum Gasteiger partial charge on any atom is -0.290 e. The number of hydrogen-bond donors (Lipinski definition) is 1. The first-order chi connectivity index (χ1) is 5.16. The van der Waals surface area contributed by atoms with E-state index in [9.17, 15) is 0 Å². The Morgan fingerprint density at radius 2 is 1.82 bits per heavy atom. The number of hydrogen-bond acceptors (Lipinski definition) is 2. The van der Waals surface area contributed by atoms with Crippen LogP contribution in [0, 0.1) is 11.3 Å². The van der Waals surface area contributed by atoms with E-state index in [2.05, 4.69) is 5.10 Å². The van der Waals surface area contributed by atoms with Gasteiger partial charge in [-0.2, -0.15) is 5.10 Å². The van der Waals surface area contributed by atoms with Crippen LogP contribution in [0.1, 0.15) is 27.7 Å². The number of nitrogens with zero attached hydrogens (tertiary/aromatic N) is 2. The number of hydrazone groups is 1. The Hall–Kier alpha value is -0.860. The molecule has 0 aliphatic carbocycles. The normalized spacial score (nSPS) is 9.27. The second-order valence-electron chi connectivity index (χ2n) is 2.21. The van der Waals surface area contributed by atoms with Gasteiger partial charge in [0.25, 0.3) is 0 Å². The molecule has 0 spiro atoms. The summed E-state index contributed by atoms with van der Waals surface area (Å²) in [5.74, 6) is 0.451. The van der Waals surface area contributed by atoms with Crippen molar-refractivity contribution in [3.63, 3.8) is 0 Å². The van der Waals surface area contributed by atoms with E-state index in [4.69, 9.17) is 5.41 Å². The van der Waals surface area contributed by atoms with Crippen LogP contribution in [0.2, 0.25) is 0 Å². The number of rotatable bonds is 3. The van der Waals surface area contributed by atoms with Gasteiger partial charge in [0.1, 0.15) is 6.34 Å². The molecule has 11 heavy (non-hydrogen) atoms. The molecule has 0 saturated heterocycles. The topological polar surface area (TPSA) is 39.5 Å². The summed E-state index contributed by atoms with van der Waals surface area (Å²) in [7, 11) is 1.73. The highest BCUT2D eigenvalue weighted by Crippen LogP contribution is 1.85. The molecule has 3 nitrogen and oxygen atoms in total. The van der Waals surface area contributed by atoms with Crippen LogP contribution in [0.5, 0.6) is 0 Å². The zero-order chi connectivity index (χ0) is 9.28. The van der Waals surface area contributed by atoms with Crippen molar-refractivity contribution in [2.75, 3.05) is 7.05 Å². The molecule has 0 aliphatic rings. The maximum atomic E-state index is 6.74. The monoisotopic (exact) mass is 157 g/mol. The van der Waals surface area contributed by atoms with Crippen molar-refractivity contribution in [1.29, 1.82) is 5.41 Å². The van der Waals surface area contributed by atoms with Crippen molar-refractivity contribution in [3.05, 3.63) is 0 Å². The van der Waals surface area contributed by atoms with Crippen LogP contribution in [-0.4, -0.2) is 24.6 Å². The highest BCUT2D eigenvalue weighted by atomic mass is 15.4. The average Bonchev–Trinajstić information content (AvgIpc) is 2.04. The zero-order valence-electron chi connectivity index (χ0n) is 8.13. The molecule has 0 radical (unpaired) electrons. The minimum atomic E-state index is 0.451. The first-order valence-corrected chi connectivity index (χ1v) is 3.94. The fourth-order valence-corrected chi connectivity index (χ4v) is 0.272.